The molecule has 1 aromatic heterocycles. The Bertz CT molecular complexity index is 4240. The maximum Gasteiger partial charge on any atom is 0.308 e. The third-order valence-electron chi connectivity index (χ3n) is 15.0. The summed E-state index contributed by atoms with van der Waals surface area (Å²) in [6, 6.07) is 31.0. The van der Waals surface area contributed by atoms with E-state index in [-0.39, 0.29) is 91.7 Å². The number of esters is 1. The van der Waals surface area contributed by atoms with Gasteiger partial charge in [-0.15, -0.1) is 0 Å². The monoisotopic (exact) mass is 1180 g/mol. The molecule has 0 aliphatic heterocycles. The fraction of sp³-hybridized carbons (Fsp3) is 0.219. The number of carbonyl (C=O) groups excluding carboxylic acids is 9. The van der Waals surface area contributed by atoms with Crippen molar-refractivity contribution >= 4 is 73.9 Å². The van der Waals surface area contributed by atoms with Gasteiger partial charge in [-0.2, -0.15) is 0 Å². The van der Waals surface area contributed by atoms with Crippen LogP contribution < -0.4 is 9.47 Å². The first-order valence-electron chi connectivity index (χ1n) is 28.6. The van der Waals surface area contributed by atoms with Crippen LogP contribution in [0.5, 0.6) is 28.7 Å². The molecule has 0 radical (unpaired) electrons. The van der Waals surface area contributed by atoms with Crippen molar-refractivity contribution in [3.05, 3.63) is 229 Å². The number of allylic oxidation sites excluding steroid dienone is 12. The fourth-order valence-electron chi connectivity index (χ4n) is 10.3. The third kappa shape index (κ3) is 14.6. The molecular formula is C73H69NO14. The summed E-state index contributed by atoms with van der Waals surface area (Å²) in [5.74, 6) is -1.02. The molecule has 15 nitrogen and oxygen atoms in total. The number of carbonyl (C=O) groups is 9. The molecule has 0 amide bonds. The number of Topliss-reactive ketones (excluding diaryl/α,β-unsaturated/α-hetero) is 5. The van der Waals surface area contributed by atoms with Gasteiger partial charge in [0.05, 0.1) is 29.5 Å². The number of aromatic amines is 1. The van der Waals surface area contributed by atoms with Crippen LogP contribution in [0, 0.1) is 0 Å². The molecule has 0 atom stereocenters. The van der Waals surface area contributed by atoms with Crippen LogP contribution in [0.25, 0.3) is 21.7 Å². The van der Waals surface area contributed by atoms with E-state index in [1.54, 1.807) is 71.2 Å². The van der Waals surface area contributed by atoms with Crippen molar-refractivity contribution in [2.24, 2.45) is 0 Å². The molecule has 0 unspecified atom stereocenters. The Kier molecular flexibility index (Phi) is 21.2. The number of aryl methyl sites for hydroxylation is 1. The predicted molar refractivity (Wildman–Crippen MR) is 339 cm³/mol. The van der Waals surface area contributed by atoms with Gasteiger partial charge in [0, 0.05) is 84.8 Å². The largest absolute Gasteiger partial charge is 0.508 e. The van der Waals surface area contributed by atoms with Crippen molar-refractivity contribution in [2.45, 2.75) is 101 Å². The minimum Gasteiger partial charge on any atom is -0.508 e. The van der Waals surface area contributed by atoms with Crippen LogP contribution >= 0.6 is 0 Å². The van der Waals surface area contributed by atoms with Crippen LogP contribution in [0.1, 0.15) is 183 Å². The molecule has 0 spiro atoms. The average Bonchev–Trinajstić information content (AvgIpc) is 1.43. The van der Waals surface area contributed by atoms with Gasteiger partial charge in [-0.05, 0) is 129 Å². The number of H-pyrrole nitrogens is 1. The lowest BCUT2D eigenvalue weighted by Crippen LogP contribution is -2.21. The second kappa shape index (κ2) is 28.7. The normalized spacial score (nSPS) is 14.0. The molecular weight excluding hydrogens is 1110 g/mol. The predicted octanol–water partition coefficient (Wildman–Crippen LogP) is 15.2. The van der Waals surface area contributed by atoms with Crippen LogP contribution in [-0.4, -0.2) is 79.6 Å². The van der Waals surface area contributed by atoms with E-state index in [0.717, 1.165) is 76.7 Å². The highest BCUT2D eigenvalue weighted by Crippen LogP contribution is 2.39. The van der Waals surface area contributed by atoms with Gasteiger partial charge in [0.1, 0.15) is 28.7 Å². The highest BCUT2D eigenvalue weighted by Gasteiger charge is 2.33. The standard InChI is InChI=1S/C21H24O4.C17H20O3.C13H9NO2.C11H8O3.C11H8O2/c1-12(2)6-5-7-13(3)8-9-16-14(4)20(24)19-17(21(16)25)10-15(22)11-18(19)23;1-4-5-8-13-11-16(19-3)14-9-6-7-10-15(14)17(13)20-12(2)18;1-7-6-10(15)12-11(13(7)16)8-4-2-3-5-9(8)14-12;1-6-5-9(13)10-7(11(6)14)3-2-4-8(10)12;1-7-6-10(12)8-4-2-3-5-9(8)11(7)13/h6,8,10-11,22-23H,5,7,9H2,1-4H3;6-7,9-11H,4-5,8H2,1-3H3;2-6,14H,1H3;2-5,12H,1H3;2-6H,1H3/b13-8+;;;;. The molecule has 0 fully saturated rings. The molecule has 450 valence electrons. The molecule has 7 aromatic rings. The van der Waals surface area contributed by atoms with Gasteiger partial charge in [0.25, 0.3) is 0 Å². The summed E-state index contributed by atoms with van der Waals surface area (Å²) in [7, 11) is 1.66. The van der Waals surface area contributed by atoms with Crippen molar-refractivity contribution in [2.75, 3.05) is 7.11 Å². The first kappa shape index (κ1) is 65.1. The van der Waals surface area contributed by atoms with Crippen LogP contribution in [0.15, 0.2) is 179 Å². The molecule has 6 aromatic carbocycles. The van der Waals surface area contributed by atoms with Gasteiger partial charge in [-0.1, -0.05) is 116 Å². The molecule has 11 rings (SSSR count). The number of benzene rings is 6. The number of aromatic nitrogens is 1. The summed E-state index contributed by atoms with van der Waals surface area (Å²) in [4.78, 5) is 109. The van der Waals surface area contributed by atoms with Gasteiger partial charge in [0.2, 0.25) is 5.78 Å². The van der Waals surface area contributed by atoms with Crippen molar-refractivity contribution in [1.82, 2.24) is 4.98 Å². The number of ketones is 8. The molecule has 4 aliphatic carbocycles. The average molecular weight is 1180 g/mol. The van der Waals surface area contributed by atoms with Gasteiger partial charge in [-0.25, -0.2) is 0 Å². The molecule has 88 heavy (non-hydrogen) atoms. The van der Waals surface area contributed by atoms with Crippen molar-refractivity contribution in [1.29, 1.82) is 0 Å². The zero-order chi connectivity index (χ0) is 64.3. The van der Waals surface area contributed by atoms with E-state index in [9.17, 15) is 58.5 Å². The molecule has 4 N–H and O–H groups in total. The first-order valence-corrected chi connectivity index (χ1v) is 28.6. The highest BCUT2D eigenvalue weighted by molar-refractivity contribution is 6.30. The number of ether oxygens (including phenoxy) is 2. The maximum atomic E-state index is 12.7. The molecule has 0 saturated carbocycles. The van der Waals surface area contributed by atoms with E-state index in [0.29, 0.717) is 62.4 Å². The number of phenols is 3. The molecule has 0 bridgehead atoms. The molecule has 15 heteroatoms. The summed E-state index contributed by atoms with van der Waals surface area (Å²) in [5.41, 5.74) is 8.90. The summed E-state index contributed by atoms with van der Waals surface area (Å²) >= 11 is 0. The number of unbranched alkanes of at least 4 members (excludes halogenated alkanes) is 1. The topological polar surface area (TPSA) is 249 Å². The van der Waals surface area contributed by atoms with Gasteiger partial charge in [-0.3, -0.25) is 43.2 Å². The second-order valence-corrected chi connectivity index (χ2v) is 21.8. The maximum absolute atomic E-state index is 12.7. The Hall–Kier alpha value is -10.4. The van der Waals surface area contributed by atoms with Crippen molar-refractivity contribution < 1.29 is 67.9 Å². The fourth-order valence-corrected chi connectivity index (χ4v) is 10.3. The van der Waals surface area contributed by atoms with Gasteiger partial charge < -0.3 is 29.8 Å². The number of fused-ring (bicyclic) bond motifs is 7. The van der Waals surface area contributed by atoms with Gasteiger partial charge >= 0.3 is 5.97 Å². The smallest absolute Gasteiger partial charge is 0.308 e. The van der Waals surface area contributed by atoms with E-state index in [4.69, 9.17) is 9.47 Å². The van der Waals surface area contributed by atoms with Gasteiger partial charge in [0.15, 0.2) is 40.5 Å². The van der Waals surface area contributed by atoms with E-state index in [1.165, 1.54) is 42.9 Å². The minimum absolute atomic E-state index is 0.0201. The number of para-hydroxylation sites is 1. The summed E-state index contributed by atoms with van der Waals surface area (Å²) in [5, 5.41) is 31.7. The number of hydrogen-bond donors (Lipinski definition) is 4. The highest BCUT2D eigenvalue weighted by atomic mass is 16.5. The number of methoxy groups -OCH3 is 1. The Morgan fingerprint density at radius 2 is 1.15 bits per heavy atom. The van der Waals surface area contributed by atoms with E-state index in [1.807, 2.05) is 67.6 Å². The van der Waals surface area contributed by atoms with E-state index < -0.39 is 0 Å². The van der Waals surface area contributed by atoms with Crippen molar-refractivity contribution in [3.8, 4) is 28.7 Å². The molecule has 1 heterocycles. The Morgan fingerprint density at radius 1 is 0.557 bits per heavy atom. The quantitative estimate of drug-likeness (QED) is 0.0565. The van der Waals surface area contributed by atoms with E-state index in [2.05, 4.69) is 31.8 Å². The van der Waals surface area contributed by atoms with Crippen molar-refractivity contribution in [3.63, 3.8) is 0 Å². The summed E-state index contributed by atoms with van der Waals surface area (Å²) < 4.78 is 10.9. The minimum atomic E-state index is -0.363. The van der Waals surface area contributed by atoms with Crippen LogP contribution in [0.3, 0.4) is 0 Å². The molecule has 4 aliphatic rings. The summed E-state index contributed by atoms with van der Waals surface area (Å²) in [6.07, 6.45) is 13.4. The van der Waals surface area contributed by atoms with E-state index >= 15 is 0 Å². The Balaban J connectivity index is 0.000000160. The second-order valence-electron chi connectivity index (χ2n) is 21.8. The summed E-state index contributed by atoms with van der Waals surface area (Å²) in [6.45, 7) is 16.2. The zero-order valence-corrected chi connectivity index (χ0v) is 50.9. The SMILES string of the molecule is CC(C)=CCC/C(C)=C/CC1=C(C)C(=O)c2c(O)cc(O)cc2C1=O.CC1=CC(=O)c2[nH]c3ccccc3c2C1=O.CC1=CC(=O)c2c(O)cccc2C1=O.CC1=CC(=O)c2ccccc2C1=O.CCCCc1cc(OC)c2ccccc2c1OC(C)=O. The zero-order valence-electron chi connectivity index (χ0n) is 50.9. The number of nitrogens with one attached hydrogen (secondary N) is 1. The lowest BCUT2D eigenvalue weighted by atomic mass is 9.82. The lowest BCUT2D eigenvalue weighted by molar-refractivity contribution is -0.131. The third-order valence-corrected chi connectivity index (χ3v) is 15.0. The van der Waals surface area contributed by atoms with Crippen LogP contribution in [-0.2, 0) is 11.2 Å². The number of rotatable bonds is 10. The lowest BCUT2D eigenvalue weighted by Gasteiger charge is -2.19. The number of aromatic hydroxyl groups is 3. The Morgan fingerprint density at radius 3 is 1.81 bits per heavy atom. The number of phenolic OH excluding ortho intramolecular Hbond substituents is 3. The van der Waals surface area contributed by atoms with Crippen LogP contribution in [0.2, 0.25) is 0 Å². The van der Waals surface area contributed by atoms with Crippen LogP contribution in [0.4, 0.5) is 0 Å². The Labute approximate surface area is 510 Å². The molecule has 0 saturated heterocycles. The number of hydrogen-bond acceptors (Lipinski definition) is 14. The first-order chi connectivity index (χ1) is 41.9.